The molecule has 0 aromatic heterocycles. The highest BCUT2D eigenvalue weighted by atomic mass is 16.4. The number of amides is 2. The predicted molar refractivity (Wildman–Crippen MR) is 77.7 cm³/mol. The average Bonchev–Trinajstić information content (AvgIpc) is 2.37. The van der Waals surface area contributed by atoms with E-state index in [4.69, 9.17) is 0 Å². The molecule has 6 heteroatoms. The summed E-state index contributed by atoms with van der Waals surface area (Å²) in [6, 6.07) is 4.09. The first-order valence-corrected chi connectivity index (χ1v) is 6.69. The average molecular weight is 291 g/mol. The molecule has 0 aliphatic heterocycles. The van der Waals surface area contributed by atoms with Gasteiger partial charge in [0.1, 0.15) is 0 Å². The van der Waals surface area contributed by atoms with Crippen molar-refractivity contribution in [3.63, 3.8) is 0 Å². The zero-order valence-electron chi connectivity index (χ0n) is 12.5. The van der Waals surface area contributed by atoms with Crippen LogP contribution in [-0.4, -0.2) is 17.8 Å². The Hall–Kier alpha value is -2.37. The maximum absolute atomic E-state index is 11.7. The molecule has 0 saturated carbocycles. The van der Waals surface area contributed by atoms with Crippen molar-refractivity contribution in [2.45, 2.75) is 27.7 Å². The second-order valence-electron chi connectivity index (χ2n) is 5.37. The van der Waals surface area contributed by atoms with Crippen molar-refractivity contribution >= 4 is 29.2 Å². The minimum Gasteiger partial charge on any atom is -0.545 e. The number of anilines is 2. The van der Waals surface area contributed by atoms with Crippen LogP contribution >= 0.6 is 0 Å². The molecule has 0 fully saturated rings. The van der Waals surface area contributed by atoms with Gasteiger partial charge in [0.2, 0.25) is 11.8 Å². The summed E-state index contributed by atoms with van der Waals surface area (Å²) in [5, 5.41) is 16.2. The van der Waals surface area contributed by atoms with Crippen LogP contribution in [0.15, 0.2) is 18.2 Å². The lowest BCUT2D eigenvalue weighted by atomic mass is 10.1. The summed E-state index contributed by atoms with van der Waals surface area (Å²) in [4.78, 5) is 34.4. The number of carbonyl (C=O) groups is 3. The number of aromatic carboxylic acids is 1. The van der Waals surface area contributed by atoms with E-state index in [1.54, 1.807) is 27.7 Å². The number of rotatable bonds is 5. The van der Waals surface area contributed by atoms with Gasteiger partial charge in [0.15, 0.2) is 0 Å². The molecule has 0 radical (unpaired) electrons. The van der Waals surface area contributed by atoms with Crippen LogP contribution in [0.4, 0.5) is 11.4 Å². The summed E-state index contributed by atoms with van der Waals surface area (Å²) in [6.45, 7) is 6.89. The van der Waals surface area contributed by atoms with Gasteiger partial charge in [-0.1, -0.05) is 27.7 Å². The first-order valence-electron chi connectivity index (χ1n) is 6.69. The summed E-state index contributed by atoms with van der Waals surface area (Å²) < 4.78 is 0. The Morgan fingerprint density at radius 2 is 1.24 bits per heavy atom. The predicted octanol–water partition coefficient (Wildman–Crippen LogP) is 1.24. The Balaban J connectivity index is 3.08. The fraction of sp³-hybridized carbons (Fsp3) is 0.400. The fourth-order valence-electron chi connectivity index (χ4n) is 1.46. The van der Waals surface area contributed by atoms with Crippen LogP contribution in [0.2, 0.25) is 0 Å². The Morgan fingerprint density at radius 1 is 0.857 bits per heavy atom. The topological polar surface area (TPSA) is 98.3 Å². The number of hydrogen-bond acceptors (Lipinski definition) is 4. The molecular formula is C15H19N2O4-. The molecule has 1 rings (SSSR count). The van der Waals surface area contributed by atoms with E-state index in [1.165, 1.54) is 18.2 Å². The van der Waals surface area contributed by atoms with Gasteiger partial charge >= 0.3 is 0 Å². The Labute approximate surface area is 123 Å². The van der Waals surface area contributed by atoms with Crippen LogP contribution in [0.25, 0.3) is 0 Å². The number of carboxylic acids is 1. The van der Waals surface area contributed by atoms with E-state index in [-0.39, 0.29) is 29.2 Å². The molecule has 0 atom stereocenters. The van der Waals surface area contributed by atoms with Gasteiger partial charge in [-0.25, -0.2) is 0 Å². The molecule has 1 aromatic rings. The summed E-state index contributed by atoms with van der Waals surface area (Å²) in [6.07, 6.45) is 0. The number of carboxylic acid groups (broad SMARTS) is 1. The number of carbonyl (C=O) groups excluding carboxylic acids is 3. The third-order valence-corrected chi connectivity index (χ3v) is 2.75. The molecule has 0 saturated heterocycles. The highest BCUT2D eigenvalue weighted by molar-refractivity contribution is 5.98. The molecule has 0 unspecified atom stereocenters. The molecule has 1 aromatic carbocycles. The lowest BCUT2D eigenvalue weighted by Crippen LogP contribution is -2.24. The number of hydrogen-bond donors (Lipinski definition) is 2. The van der Waals surface area contributed by atoms with Crippen LogP contribution in [0.3, 0.4) is 0 Å². The molecule has 0 bridgehead atoms. The van der Waals surface area contributed by atoms with Crippen LogP contribution in [0, 0.1) is 11.8 Å². The Kier molecular flexibility index (Phi) is 5.46. The van der Waals surface area contributed by atoms with Gasteiger partial charge in [-0.15, -0.1) is 0 Å². The first kappa shape index (κ1) is 16.7. The molecule has 2 amide bonds. The van der Waals surface area contributed by atoms with Crippen LogP contribution in [0.5, 0.6) is 0 Å². The van der Waals surface area contributed by atoms with Crippen LogP contribution in [-0.2, 0) is 9.59 Å². The highest BCUT2D eigenvalue weighted by Gasteiger charge is 2.12. The Morgan fingerprint density at radius 3 is 1.52 bits per heavy atom. The lowest BCUT2D eigenvalue weighted by molar-refractivity contribution is -0.255. The second-order valence-corrected chi connectivity index (χ2v) is 5.37. The number of benzene rings is 1. The Bertz CT molecular complexity index is 525. The third-order valence-electron chi connectivity index (χ3n) is 2.75. The number of nitrogens with one attached hydrogen (secondary N) is 2. The summed E-state index contributed by atoms with van der Waals surface area (Å²) in [5.41, 5.74) is 0.486. The monoisotopic (exact) mass is 291 g/mol. The quantitative estimate of drug-likeness (QED) is 0.852. The molecule has 21 heavy (non-hydrogen) atoms. The van der Waals surface area contributed by atoms with Gasteiger partial charge in [-0.2, -0.15) is 0 Å². The van der Waals surface area contributed by atoms with Crippen molar-refractivity contribution in [1.82, 2.24) is 0 Å². The van der Waals surface area contributed by atoms with E-state index < -0.39 is 5.97 Å². The molecule has 6 nitrogen and oxygen atoms in total. The molecule has 0 aliphatic carbocycles. The normalized spacial score (nSPS) is 10.6. The maximum atomic E-state index is 11.7. The lowest BCUT2D eigenvalue weighted by Gasteiger charge is -2.14. The zero-order chi connectivity index (χ0) is 16.2. The second kappa shape index (κ2) is 6.88. The van der Waals surface area contributed by atoms with Crippen molar-refractivity contribution in [3.05, 3.63) is 23.8 Å². The van der Waals surface area contributed by atoms with Gasteiger partial charge in [-0.3, -0.25) is 9.59 Å². The van der Waals surface area contributed by atoms with Gasteiger partial charge in [0, 0.05) is 28.8 Å². The van der Waals surface area contributed by atoms with Gasteiger partial charge in [0.25, 0.3) is 0 Å². The van der Waals surface area contributed by atoms with Crippen molar-refractivity contribution in [3.8, 4) is 0 Å². The van der Waals surface area contributed by atoms with Crippen LogP contribution < -0.4 is 15.7 Å². The summed E-state index contributed by atoms with van der Waals surface area (Å²) in [5.74, 6) is -2.36. The minimum atomic E-state index is -1.38. The van der Waals surface area contributed by atoms with E-state index in [2.05, 4.69) is 10.6 Å². The molecule has 0 aliphatic rings. The van der Waals surface area contributed by atoms with E-state index in [0.717, 1.165) is 0 Å². The van der Waals surface area contributed by atoms with Crippen molar-refractivity contribution < 1.29 is 19.5 Å². The molecular weight excluding hydrogens is 272 g/mol. The fourth-order valence-corrected chi connectivity index (χ4v) is 1.46. The smallest absolute Gasteiger partial charge is 0.226 e. The summed E-state index contributed by atoms with van der Waals surface area (Å²) in [7, 11) is 0. The summed E-state index contributed by atoms with van der Waals surface area (Å²) >= 11 is 0. The molecule has 114 valence electrons. The van der Waals surface area contributed by atoms with Crippen molar-refractivity contribution in [2.75, 3.05) is 10.6 Å². The largest absolute Gasteiger partial charge is 0.545 e. The van der Waals surface area contributed by atoms with E-state index in [9.17, 15) is 19.5 Å². The standard InChI is InChI=1S/C15H20N2O4/c1-8(2)13(18)16-11-5-10(15(20)21)6-12(7-11)17-14(19)9(3)4/h5-9H,1-4H3,(H,16,18)(H,17,19)(H,20,21)/p-1. The van der Waals surface area contributed by atoms with Crippen molar-refractivity contribution in [1.29, 1.82) is 0 Å². The van der Waals surface area contributed by atoms with E-state index >= 15 is 0 Å². The minimum absolute atomic E-state index is 0.115. The van der Waals surface area contributed by atoms with E-state index in [1.807, 2.05) is 0 Å². The molecule has 0 spiro atoms. The highest BCUT2D eigenvalue weighted by Crippen LogP contribution is 2.20. The van der Waals surface area contributed by atoms with E-state index in [0.29, 0.717) is 11.4 Å². The maximum Gasteiger partial charge on any atom is 0.226 e. The third kappa shape index (κ3) is 4.91. The zero-order valence-corrected chi connectivity index (χ0v) is 12.5. The van der Waals surface area contributed by atoms with Crippen LogP contribution in [0.1, 0.15) is 38.1 Å². The van der Waals surface area contributed by atoms with Gasteiger partial charge in [-0.05, 0) is 18.2 Å². The van der Waals surface area contributed by atoms with Gasteiger partial charge < -0.3 is 20.5 Å². The SMILES string of the molecule is CC(C)C(=O)Nc1cc(NC(=O)C(C)C)cc(C(=O)[O-])c1. The van der Waals surface area contributed by atoms with Gasteiger partial charge in [0.05, 0.1) is 5.97 Å². The molecule has 2 N–H and O–H groups in total. The molecule has 0 heterocycles. The first-order chi connectivity index (χ1) is 9.70. The van der Waals surface area contributed by atoms with Crippen molar-refractivity contribution in [2.24, 2.45) is 11.8 Å².